The molecule has 0 bridgehead atoms. The summed E-state index contributed by atoms with van der Waals surface area (Å²) in [7, 11) is 0. The fourth-order valence-electron chi connectivity index (χ4n) is 3.67. The minimum atomic E-state index is 0.215. The SMILES string of the molecule is Oc1ccc(N/N=C/c2cc(N3CCOCC3)nc(OCCN3CCCCC3)n2)cc1. The number of likely N-dealkylation sites (tertiary alicyclic amines) is 1. The number of nitrogens with zero attached hydrogens (tertiary/aromatic N) is 5. The van der Waals surface area contributed by atoms with Crippen molar-refractivity contribution in [3.63, 3.8) is 0 Å². The van der Waals surface area contributed by atoms with Crippen LogP contribution >= 0.6 is 0 Å². The van der Waals surface area contributed by atoms with Crippen molar-refractivity contribution in [3.8, 4) is 11.8 Å². The van der Waals surface area contributed by atoms with Gasteiger partial charge in [-0.2, -0.15) is 15.1 Å². The van der Waals surface area contributed by atoms with Gasteiger partial charge in [0.15, 0.2) is 0 Å². The number of morpholine rings is 1. The van der Waals surface area contributed by atoms with E-state index in [4.69, 9.17) is 9.47 Å². The molecule has 1 aromatic heterocycles. The Bertz CT molecular complexity index is 849. The number of anilines is 2. The van der Waals surface area contributed by atoms with Crippen LogP contribution in [0.2, 0.25) is 0 Å². The Kier molecular flexibility index (Phi) is 7.51. The third-order valence-electron chi connectivity index (χ3n) is 5.39. The van der Waals surface area contributed by atoms with Crippen LogP contribution in [-0.2, 0) is 4.74 Å². The van der Waals surface area contributed by atoms with Gasteiger partial charge in [-0.15, -0.1) is 0 Å². The van der Waals surface area contributed by atoms with E-state index in [2.05, 4.69) is 30.3 Å². The lowest BCUT2D eigenvalue weighted by Crippen LogP contribution is -2.37. The molecule has 2 aromatic rings. The molecule has 9 heteroatoms. The van der Waals surface area contributed by atoms with Gasteiger partial charge in [-0.3, -0.25) is 10.3 Å². The number of ether oxygens (including phenoxy) is 2. The Morgan fingerprint density at radius 3 is 2.61 bits per heavy atom. The van der Waals surface area contributed by atoms with E-state index in [-0.39, 0.29) is 5.75 Å². The summed E-state index contributed by atoms with van der Waals surface area (Å²) in [5, 5.41) is 13.7. The van der Waals surface area contributed by atoms with Gasteiger partial charge in [0.25, 0.3) is 0 Å². The zero-order chi connectivity index (χ0) is 21.3. The smallest absolute Gasteiger partial charge is 0.319 e. The highest BCUT2D eigenvalue weighted by Gasteiger charge is 2.16. The standard InChI is InChI=1S/C22H30N6O3/c29-20-6-4-18(5-7-20)26-23-17-19-16-21(28-11-13-30-14-12-28)25-22(24-19)31-15-10-27-8-2-1-3-9-27/h4-7,16-17,26,29H,1-3,8-15H2/b23-17+. The van der Waals surface area contributed by atoms with Crippen LogP contribution < -0.4 is 15.1 Å². The van der Waals surface area contributed by atoms with Crippen LogP contribution in [-0.4, -0.2) is 78.7 Å². The number of benzene rings is 1. The Labute approximate surface area is 182 Å². The molecule has 0 atom stereocenters. The van der Waals surface area contributed by atoms with E-state index >= 15 is 0 Å². The molecule has 166 valence electrons. The Hall–Kier alpha value is -2.91. The van der Waals surface area contributed by atoms with Crippen molar-refractivity contribution in [3.05, 3.63) is 36.0 Å². The van der Waals surface area contributed by atoms with E-state index in [1.165, 1.54) is 19.3 Å². The molecule has 0 spiro atoms. The van der Waals surface area contributed by atoms with Crippen molar-refractivity contribution in [2.75, 3.05) is 62.9 Å². The van der Waals surface area contributed by atoms with E-state index < -0.39 is 0 Å². The van der Waals surface area contributed by atoms with Gasteiger partial charge in [-0.05, 0) is 50.2 Å². The zero-order valence-electron chi connectivity index (χ0n) is 17.7. The third-order valence-corrected chi connectivity index (χ3v) is 5.39. The lowest BCUT2D eigenvalue weighted by Gasteiger charge is -2.28. The molecule has 31 heavy (non-hydrogen) atoms. The fourth-order valence-corrected chi connectivity index (χ4v) is 3.67. The molecule has 3 heterocycles. The molecule has 0 unspecified atom stereocenters. The molecule has 2 saturated heterocycles. The predicted octanol–water partition coefficient (Wildman–Crippen LogP) is 2.33. The molecular formula is C22H30N6O3. The molecular weight excluding hydrogens is 396 g/mol. The number of rotatable bonds is 8. The number of piperidine rings is 1. The van der Waals surface area contributed by atoms with E-state index in [1.54, 1.807) is 30.5 Å². The van der Waals surface area contributed by atoms with E-state index in [1.807, 2.05) is 6.07 Å². The number of aromatic hydroxyl groups is 1. The third kappa shape index (κ3) is 6.53. The molecule has 4 rings (SSSR count). The van der Waals surface area contributed by atoms with Crippen LogP contribution in [0, 0.1) is 0 Å². The van der Waals surface area contributed by atoms with E-state index in [9.17, 15) is 5.11 Å². The highest BCUT2D eigenvalue weighted by atomic mass is 16.5. The minimum absolute atomic E-state index is 0.215. The second-order valence-electron chi connectivity index (χ2n) is 7.70. The number of hydrogen-bond donors (Lipinski definition) is 2. The molecule has 0 radical (unpaired) electrons. The number of aromatic nitrogens is 2. The largest absolute Gasteiger partial charge is 0.508 e. The molecule has 0 amide bonds. The lowest BCUT2D eigenvalue weighted by molar-refractivity contribution is 0.122. The first kappa shape index (κ1) is 21.3. The van der Waals surface area contributed by atoms with Gasteiger partial charge >= 0.3 is 6.01 Å². The lowest BCUT2D eigenvalue weighted by atomic mass is 10.1. The topological polar surface area (TPSA) is 95.3 Å². The molecule has 0 aliphatic carbocycles. The number of hydrazone groups is 1. The maximum absolute atomic E-state index is 9.39. The number of nitrogens with one attached hydrogen (secondary N) is 1. The van der Waals surface area contributed by atoms with Gasteiger partial charge in [-0.25, -0.2) is 0 Å². The van der Waals surface area contributed by atoms with Crippen LogP contribution in [0.4, 0.5) is 11.5 Å². The number of phenolic OH excluding ortho intramolecular Hbond substituents is 1. The molecule has 1 aromatic carbocycles. The average molecular weight is 427 g/mol. The van der Waals surface area contributed by atoms with Gasteiger partial charge in [0.05, 0.1) is 30.8 Å². The van der Waals surface area contributed by atoms with Crippen molar-refractivity contribution >= 4 is 17.7 Å². The Morgan fingerprint density at radius 1 is 1.06 bits per heavy atom. The first-order valence-electron chi connectivity index (χ1n) is 10.9. The van der Waals surface area contributed by atoms with Crippen molar-refractivity contribution in [1.29, 1.82) is 0 Å². The van der Waals surface area contributed by atoms with Gasteiger partial charge in [0.1, 0.15) is 18.2 Å². The van der Waals surface area contributed by atoms with Crippen LogP contribution in [0.3, 0.4) is 0 Å². The normalized spacial score (nSPS) is 17.7. The van der Waals surface area contributed by atoms with Crippen LogP contribution in [0.15, 0.2) is 35.4 Å². The summed E-state index contributed by atoms with van der Waals surface area (Å²) in [5.74, 6) is 1.03. The molecule has 9 nitrogen and oxygen atoms in total. The van der Waals surface area contributed by atoms with Crippen LogP contribution in [0.1, 0.15) is 25.0 Å². The highest BCUT2D eigenvalue weighted by molar-refractivity contribution is 5.79. The van der Waals surface area contributed by atoms with E-state index in [0.717, 1.165) is 44.2 Å². The van der Waals surface area contributed by atoms with Crippen molar-refractivity contribution in [1.82, 2.24) is 14.9 Å². The summed E-state index contributed by atoms with van der Waals surface area (Å²) in [6, 6.07) is 8.99. The highest BCUT2D eigenvalue weighted by Crippen LogP contribution is 2.18. The summed E-state index contributed by atoms with van der Waals surface area (Å²) in [4.78, 5) is 13.7. The second-order valence-corrected chi connectivity index (χ2v) is 7.70. The molecule has 2 aliphatic rings. The summed E-state index contributed by atoms with van der Waals surface area (Å²) in [5.41, 5.74) is 4.38. The monoisotopic (exact) mass is 426 g/mol. The Morgan fingerprint density at radius 2 is 1.84 bits per heavy atom. The van der Waals surface area contributed by atoms with Crippen molar-refractivity contribution < 1.29 is 14.6 Å². The maximum atomic E-state index is 9.39. The Balaban J connectivity index is 1.42. The van der Waals surface area contributed by atoms with Crippen molar-refractivity contribution in [2.24, 2.45) is 5.10 Å². The summed E-state index contributed by atoms with van der Waals surface area (Å²) >= 11 is 0. The molecule has 2 fully saturated rings. The predicted molar refractivity (Wildman–Crippen MR) is 120 cm³/mol. The van der Waals surface area contributed by atoms with Gasteiger partial charge in [0, 0.05) is 25.7 Å². The first-order valence-corrected chi connectivity index (χ1v) is 10.9. The van der Waals surface area contributed by atoms with Crippen molar-refractivity contribution in [2.45, 2.75) is 19.3 Å². The fraction of sp³-hybridized carbons (Fsp3) is 0.500. The summed E-state index contributed by atoms with van der Waals surface area (Å²) in [6.45, 7) is 6.66. The van der Waals surface area contributed by atoms with Gasteiger partial charge < -0.3 is 19.5 Å². The minimum Gasteiger partial charge on any atom is -0.508 e. The average Bonchev–Trinajstić information content (AvgIpc) is 2.82. The van der Waals surface area contributed by atoms with Crippen LogP contribution in [0.25, 0.3) is 0 Å². The van der Waals surface area contributed by atoms with E-state index in [0.29, 0.717) is 31.5 Å². The zero-order valence-corrected chi connectivity index (χ0v) is 17.7. The first-order chi connectivity index (χ1) is 15.3. The maximum Gasteiger partial charge on any atom is 0.319 e. The molecule has 2 aliphatic heterocycles. The number of hydrogen-bond acceptors (Lipinski definition) is 9. The molecule has 0 saturated carbocycles. The van der Waals surface area contributed by atoms with Gasteiger partial charge in [0.2, 0.25) is 0 Å². The summed E-state index contributed by atoms with van der Waals surface area (Å²) in [6.07, 6.45) is 5.49. The van der Waals surface area contributed by atoms with Gasteiger partial charge in [-0.1, -0.05) is 6.42 Å². The molecule has 2 N–H and O–H groups in total. The number of phenols is 1. The summed E-state index contributed by atoms with van der Waals surface area (Å²) < 4.78 is 11.4. The quantitative estimate of drug-likeness (QED) is 0.377. The van der Waals surface area contributed by atoms with Crippen LogP contribution in [0.5, 0.6) is 11.8 Å². The second kappa shape index (κ2) is 10.9.